The number of rotatable bonds is 5. The summed E-state index contributed by atoms with van der Waals surface area (Å²) >= 11 is 0. The Morgan fingerprint density at radius 3 is 2.36 bits per heavy atom. The van der Waals surface area contributed by atoms with Crippen LogP contribution in [0.25, 0.3) is 0 Å². The van der Waals surface area contributed by atoms with Crippen molar-refractivity contribution >= 4 is 17.7 Å². The lowest BCUT2D eigenvalue weighted by molar-refractivity contribution is 0.0697. The predicted octanol–water partition coefficient (Wildman–Crippen LogP) is 3.06. The van der Waals surface area contributed by atoms with E-state index in [1.807, 2.05) is 31.2 Å². The highest BCUT2D eigenvalue weighted by Crippen LogP contribution is 2.10. The third-order valence-electron chi connectivity index (χ3n) is 3.33. The number of amides is 2. The van der Waals surface area contributed by atoms with Crippen LogP contribution < -0.4 is 10.6 Å². The zero-order valence-corrected chi connectivity index (χ0v) is 12.3. The van der Waals surface area contributed by atoms with E-state index < -0.39 is 5.97 Å². The first-order valence-corrected chi connectivity index (χ1v) is 6.99. The Balaban J connectivity index is 1.80. The molecule has 0 spiro atoms. The van der Waals surface area contributed by atoms with Gasteiger partial charge in [0.05, 0.1) is 5.56 Å². The van der Waals surface area contributed by atoms with E-state index in [2.05, 4.69) is 10.6 Å². The number of aryl methyl sites for hydroxylation is 1. The predicted molar refractivity (Wildman–Crippen MR) is 85.3 cm³/mol. The molecule has 2 amide bonds. The van der Waals surface area contributed by atoms with Crippen LogP contribution in [0.3, 0.4) is 0 Å². The van der Waals surface area contributed by atoms with Crippen molar-refractivity contribution in [3.63, 3.8) is 0 Å². The van der Waals surface area contributed by atoms with Crippen LogP contribution in [0, 0.1) is 6.92 Å². The van der Waals surface area contributed by atoms with E-state index in [9.17, 15) is 9.59 Å². The quantitative estimate of drug-likeness (QED) is 0.794. The Morgan fingerprint density at radius 2 is 1.73 bits per heavy atom. The number of aromatic carboxylic acids is 1. The monoisotopic (exact) mass is 298 g/mol. The SMILES string of the molecule is Cc1ccccc1CCNC(=O)Nc1ccc(C(=O)O)cc1. The van der Waals surface area contributed by atoms with Crippen LogP contribution in [0.1, 0.15) is 21.5 Å². The summed E-state index contributed by atoms with van der Waals surface area (Å²) in [6.45, 7) is 2.57. The van der Waals surface area contributed by atoms with Crippen molar-refractivity contribution in [1.82, 2.24) is 5.32 Å². The number of hydrogen-bond donors (Lipinski definition) is 3. The molecule has 0 heterocycles. The largest absolute Gasteiger partial charge is 0.478 e. The first-order valence-electron chi connectivity index (χ1n) is 6.99. The number of urea groups is 1. The van der Waals surface area contributed by atoms with Gasteiger partial charge in [0.15, 0.2) is 0 Å². The van der Waals surface area contributed by atoms with Gasteiger partial charge in [-0.15, -0.1) is 0 Å². The van der Waals surface area contributed by atoms with E-state index in [4.69, 9.17) is 5.11 Å². The summed E-state index contributed by atoms with van der Waals surface area (Å²) < 4.78 is 0. The maximum Gasteiger partial charge on any atom is 0.335 e. The molecule has 0 saturated carbocycles. The van der Waals surface area contributed by atoms with E-state index in [0.29, 0.717) is 12.2 Å². The fourth-order valence-electron chi connectivity index (χ4n) is 2.07. The van der Waals surface area contributed by atoms with Crippen molar-refractivity contribution in [2.24, 2.45) is 0 Å². The number of anilines is 1. The molecular formula is C17H18N2O3. The van der Waals surface area contributed by atoms with Crippen molar-refractivity contribution < 1.29 is 14.7 Å². The molecule has 2 aromatic rings. The van der Waals surface area contributed by atoms with Crippen LogP contribution >= 0.6 is 0 Å². The number of nitrogens with one attached hydrogen (secondary N) is 2. The lowest BCUT2D eigenvalue weighted by Gasteiger charge is -2.09. The van der Waals surface area contributed by atoms with Gasteiger partial charge in [-0.1, -0.05) is 24.3 Å². The van der Waals surface area contributed by atoms with Crippen LogP contribution in [0.2, 0.25) is 0 Å². The molecule has 2 rings (SSSR count). The second kappa shape index (κ2) is 7.26. The summed E-state index contributed by atoms with van der Waals surface area (Å²) in [6, 6.07) is 13.8. The molecule has 0 saturated heterocycles. The molecule has 0 unspecified atom stereocenters. The first-order chi connectivity index (χ1) is 10.6. The van der Waals surface area contributed by atoms with Gasteiger partial charge in [-0.05, 0) is 48.7 Å². The highest BCUT2D eigenvalue weighted by atomic mass is 16.4. The molecule has 0 atom stereocenters. The molecule has 3 N–H and O–H groups in total. The van der Waals surface area contributed by atoms with Gasteiger partial charge in [-0.3, -0.25) is 0 Å². The van der Waals surface area contributed by atoms with Crippen LogP contribution in [0.4, 0.5) is 10.5 Å². The van der Waals surface area contributed by atoms with Gasteiger partial charge in [0.2, 0.25) is 0 Å². The Bertz CT molecular complexity index is 666. The fraction of sp³-hybridized carbons (Fsp3) is 0.176. The molecule has 0 aliphatic heterocycles. The van der Waals surface area contributed by atoms with Crippen molar-refractivity contribution in [3.05, 3.63) is 65.2 Å². The molecule has 5 heteroatoms. The topological polar surface area (TPSA) is 78.4 Å². The first kappa shape index (κ1) is 15.6. The molecule has 22 heavy (non-hydrogen) atoms. The van der Waals surface area contributed by atoms with Gasteiger partial charge >= 0.3 is 12.0 Å². The highest BCUT2D eigenvalue weighted by molar-refractivity contribution is 5.91. The minimum Gasteiger partial charge on any atom is -0.478 e. The van der Waals surface area contributed by atoms with Gasteiger partial charge < -0.3 is 15.7 Å². The summed E-state index contributed by atoms with van der Waals surface area (Å²) in [5.41, 5.74) is 3.14. The second-order valence-corrected chi connectivity index (χ2v) is 4.94. The third-order valence-corrected chi connectivity index (χ3v) is 3.33. The van der Waals surface area contributed by atoms with Gasteiger partial charge in [-0.25, -0.2) is 9.59 Å². The standard InChI is InChI=1S/C17H18N2O3/c1-12-4-2-3-5-13(12)10-11-18-17(22)19-15-8-6-14(7-9-15)16(20)21/h2-9H,10-11H2,1H3,(H,20,21)(H2,18,19,22). The Hall–Kier alpha value is -2.82. The number of benzene rings is 2. The van der Waals surface area contributed by atoms with Gasteiger partial charge in [0.1, 0.15) is 0 Å². The molecule has 0 aliphatic carbocycles. The number of hydrogen-bond acceptors (Lipinski definition) is 2. The lowest BCUT2D eigenvalue weighted by atomic mass is 10.1. The average Bonchev–Trinajstić information content (AvgIpc) is 2.50. The summed E-state index contributed by atoms with van der Waals surface area (Å²) in [7, 11) is 0. The van der Waals surface area contributed by atoms with Gasteiger partial charge in [0.25, 0.3) is 0 Å². The number of carbonyl (C=O) groups is 2. The molecule has 0 aromatic heterocycles. The van der Waals surface area contributed by atoms with Crippen molar-refractivity contribution in [1.29, 1.82) is 0 Å². The number of carboxylic acid groups (broad SMARTS) is 1. The molecule has 114 valence electrons. The second-order valence-electron chi connectivity index (χ2n) is 4.94. The van der Waals surface area contributed by atoms with Crippen molar-refractivity contribution in [2.75, 3.05) is 11.9 Å². The summed E-state index contributed by atoms with van der Waals surface area (Å²) in [5, 5.41) is 14.2. The zero-order valence-electron chi connectivity index (χ0n) is 12.3. The van der Waals surface area contributed by atoms with Crippen LogP contribution in [0.15, 0.2) is 48.5 Å². The van der Waals surface area contributed by atoms with Crippen LogP contribution in [-0.4, -0.2) is 23.7 Å². The molecule has 0 aliphatic rings. The normalized spacial score (nSPS) is 10.0. The van der Waals surface area contributed by atoms with E-state index in [1.165, 1.54) is 23.3 Å². The molecular weight excluding hydrogens is 280 g/mol. The van der Waals surface area contributed by atoms with E-state index in [1.54, 1.807) is 12.1 Å². The minimum absolute atomic E-state index is 0.186. The third kappa shape index (κ3) is 4.34. The molecule has 2 aromatic carbocycles. The molecule has 0 bridgehead atoms. The zero-order chi connectivity index (χ0) is 15.9. The Labute approximate surface area is 129 Å². The minimum atomic E-state index is -0.991. The highest BCUT2D eigenvalue weighted by Gasteiger charge is 2.04. The van der Waals surface area contributed by atoms with Crippen LogP contribution in [0.5, 0.6) is 0 Å². The lowest BCUT2D eigenvalue weighted by Crippen LogP contribution is -2.30. The van der Waals surface area contributed by atoms with Gasteiger partial charge in [0, 0.05) is 12.2 Å². The number of carboxylic acids is 1. The van der Waals surface area contributed by atoms with E-state index >= 15 is 0 Å². The average molecular weight is 298 g/mol. The van der Waals surface area contributed by atoms with E-state index in [-0.39, 0.29) is 11.6 Å². The fourth-order valence-corrected chi connectivity index (χ4v) is 2.07. The maximum absolute atomic E-state index is 11.8. The maximum atomic E-state index is 11.8. The molecule has 0 fully saturated rings. The van der Waals surface area contributed by atoms with Crippen molar-refractivity contribution in [3.8, 4) is 0 Å². The Kier molecular flexibility index (Phi) is 5.14. The van der Waals surface area contributed by atoms with Gasteiger partial charge in [-0.2, -0.15) is 0 Å². The summed E-state index contributed by atoms with van der Waals surface area (Å²) in [4.78, 5) is 22.5. The number of carbonyl (C=O) groups excluding carboxylic acids is 1. The smallest absolute Gasteiger partial charge is 0.335 e. The summed E-state index contributed by atoms with van der Waals surface area (Å²) in [6.07, 6.45) is 0.762. The van der Waals surface area contributed by atoms with Crippen LogP contribution in [-0.2, 0) is 6.42 Å². The Morgan fingerprint density at radius 1 is 1.05 bits per heavy atom. The molecule has 5 nitrogen and oxygen atoms in total. The summed E-state index contributed by atoms with van der Waals surface area (Å²) in [5.74, 6) is -0.991. The van der Waals surface area contributed by atoms with E-state index in [0.717, 1.165) is 6.42 Å². The van der Waals surface area contributed by atoms with Crippen molar-refractivity contribution in [2.45, 2.75) is 13.3 Å². The molecule has 0 radical (unpaired) electrons.